The lowest BCUT2D eigenvalue weighted by Crippen LogP contribution is -2.19. The molecule has 1 aromatic carbocycles. The Hall–Kier alpha value is -1.66. The molecule has 1 atom stereocenters. The number of carbonyl (C=O) groups excluding carboxylic acids is 1. The van der Waals surface area contributed by atoms with Crippen LogP contribution < -0.4 is 11.1 Å². The number of hydrogen-bond acceptors (Lipinski definition) is 3. The monoisotopic (exact) mass is 320 g/mol. The molecule has 1 aliphatic rings. The fourth-order valence-electron chi connectivity index (χ4n) is 2.29. The van der Waals surface area contributed by atoms with E-state index in [1.807, 2.05) is 22.9 Å². The SMILES string of the molecule is CCc1nccn1-c1cc2c(cc1Br)C(N)C(=O)N2. The van der Waals surface area contributed by atoms with Gasteiger partial charge in [0.2, 0.25) is 5.91 Å². The summed E-state index contributed by atoms with van der Waals surface area (Å²) in [6.45, 7) is 2.05. The predicted octanol–water partition coefficient (Wildman–Crippen LogP) is 2.15. The maximum atomic E-state index is 11.6. The standard InChI is InChI=1S/C13H13BrN4O/c1-2-11-16-3-4-18(11)10-6-9-7(5-8(10)14)12(15)13(19)17-9/h3-6,12H,2,15H2,1H3,(H,17,19). The largest absolute Gasteiger partial charge is 0.324 e. The highest BCUT2D eigenvalue weighted by atomic mass is 79.9. The second-order valence-corrected chi connectivity index (χ2v) is 5.28. The Morgan fingerprint density at radius 2 is 2.32 bits per heavy atom. The van der Waals surface area contributed by atoms with E-state index >= 15 is 0 Å². The molecule has 2 heterocycles. The van der Waals surface area contributed by atoms with Crippen molar-refractivity contribution in [2.75, 3.05) is 5.32 Å². The van der Waals surface area contributed by atoms with Gasteiger partial charge in [-0.15, -0.1) is 0 Å². The van der Waals surface area contributed by atoms with Crippen molar-refractivity contribution >= 4 is 27.5 Å². The molecular weight excluding hydrogens is 308 g/mol. The van der Waals surface area contributed by atoms with Gasteiger partial charge in [0.05, 0.1) is 5.69 Å². The second-order valence-electron chi connectivity index (χ2n) is 4.42. The van der Waals surface area contributed by atoms with Crippen LogP contribution in [0.3, 0.4) is 0 Å². The number of nitrogens with zero attached hydrogens (tertiary/aromatic N) is 2. The molecule has 0 aliphatic carbocycles. The Kier molecular flexibility index (Phi) is 2.91. The van der Waals surface area contributed by atoms with E-state index in [4.69, 9.17) is 5.73 Å². The lowest BCUT2D eigenvalue weighted by molar-refractivity contribution is -0.116. The van der Waals surface area contributed by atoms with Crippen LogP contribution in [0.15, 0.2) is 29.0 Å². The van der Waals surface area contributed by atoms with Crippen molar-refractivity contribution in [1.29, 1.82) is 0 Å². The van der Waals surface area contributed by atoms with Gasteiger partial charge in [-0.2, -0.15) is 0 Å². The van der Waals surface area contributed by atoms with Crippen LogP contribution in [0.5, 0.6) is 0 Å². The molecule has 1 aromatic heterocycles. The van der Waals surface area contributed by atoms with E-state index in [1.54, 1.807) is 6.20 Å². The number of rotatable bonds is 2. The average molecular weight is 321 g/mol. The van der Waals surface area contributed by atoms with Gasteiger partial charge in [0.25, 0.3) is 0 Å². The molecule has 0 fully saturated rings. The highest BCUT2D eigenvalue weighted by Gasteiger charge is 2.28. The van der Waals surface area contributed by atoms with Crippen LogP contribution in [0.25, 0.3) is 5.69 Å². The summed E-state index contributed by atoms with van der Waals surface area (Å²) < 4.78 is 2.89. The minimum absolute atomic E-state index is 0.166. The number of hydrogen-bond donors (Lipinski definition) is 2. The van der Waals surface area contributed by atoms with Crippen molar-refractivity contribution in [3.8, 4) is 5.69 Å². The van der Waals surface area contributed by atoms with Gasteiger partial charge in [-0.05, 0) is 28.1 Å². The second kappa shape index (κ2) is 4.47. The van der Waals surface area contributed by atoms with Gasteiger partial charge in [0.15, 0.2) is 0 Å². The molecule has 19 heavy (non-hydrogen) atoms. The Labute approximate surface area is 119 Å². The van der Waals surface area contributed by atoms with Crippen LogP contribution >= 0.6 is 15.9 Å². The summed E-state index contributed by atoms with van der Waals surface area (Å²) in [4.78, 5) is 15.9. The third-order valence-corrected chi connectivity index (χ3v) is 3.92. The summed E-state index contributed by atoms with van der Waals surface area (Å²) >= 11 is 3.54. The van der Waals surface area contributed by atoms with Crippen LogP contribution in [0.1, 0.15) is 24.4 Å². The normalized spacial score (nSPS) is 17.4. The first-order valence-corrected chi connectivity index (χ1v) is 6.83. The van der Waals surface area contributed by atoms with E-state index in [0.717, 1.165) is 33.7 Å². The van der Waals surface area contributed by atoms with Crippen LogP contribution in [0, 0.1) is 0 Å². The maximum Gasteiger partial charge on any atom is 0.245 e. The minimum Gasteiger partial charge on any atom is -0.324 e. The third kappa shape index (κ3) is 1.87. The molecule has 1 amide bonds. The van der Waals surface area contributed by atoms with Crippen molar-refractivity contribution in [2.24, 2.45) is 5.73 Å². The summed E-state index contributed by atoms with van der Waals surface area (Å²) in [5.74, 6) is 0.801. The topological polar surface area (TPSA) is 72.9 Å². The number of carbonyl (C=O) groups is 1. The van der Waals surface area contributed by atoms with Gasteiger partial charge in [-0.1, -0.05) is 6.92 Å². The minimum atomic E-state index is -0.589. The summed E-state index contributed by atoms with van der Waals surface area (Å²) in [6, 6.07) is 3.23. The van der Waals surface area contributed by atoms with Gasteiger partial charge in [-0.25, -0.2) is 4.98 Å². The van der Waals surface area contributed by atoms with E-state index < -0.39 is 6.04 Å². The Morgan fingerprint density at radius 1 is 1.53 bits per heavy atom. The highest BCUT2D eigenvalue weighted by Crippen LogP contribution is 2.36. The predicted molar refractivity (Wildman–Crippen MR) is 76.2 cm³/mol. The quantitative estimate of drug-likeness (QED) is 0.890. The summed E-state index contributed by atoms with van der Waals surface area (Å²) in [7, 11) is 0. The molecule has 3 rings (SSSR count). The zero-order valence-electron chi connectivity index (χ0n) is 10.4. The number of aryl methyl sites for hydroxylation is 1. The number of nitrogens with two attached hydrogens (primary N) is 1. The Balaban J connectivity index is 2.15. The van der Waals surface area contributed by atoms with Gasteiger partial charge in [-0.3, -0.25) is 4.79 Å². The van der Waals surface area contributed by atoms with Crippen molar-refractivity contribution in [1.82, 2.24) is 9.55 Å². The maximum absolute atomic E-state index is 11.6. The molecule has 3 N–H and O–H groups in total. The summed E-state index contributed by atoms with van der Waals surface area (Å²) in [6.07, 6.45) is 4.51. The van der Waals surface area contributed by atoms with E-state index in [1.165, 1.54) is 0 Å². The lowest BCUT2D eigenvalue weighted by Gasteiger charge is -2.11. The van der Waals surface area contributed by atoms with Gasteiger partial charge >= 0.3 is 0 Å². The smallest absolute Gasteiger partial charge is 0.245 e. The number of aromatic nitrogens is 2. The highest BCUT2D eigenvalue weighted by molar-refractivity contribution is 9.10. The van der Waals surface area contributed by atoms with Crippen molar-refractivity contribution in [2.45, 2.75) is 19.4 Å². The molecule has 98 valence electrons. The molecule has 0 saturated heterocycles. The molecule has 0 bridgehead atoms. The zero-order valence-corrected chi connectivity index (χ0v) is 11.9. The van der Waals surface area contributed by atoms with Crippen molar-refractivity contribution < 1.29 is 4.79 Å². The van der Waals surface area contributed by atoms with Crippen LogP contribution in [-0.4, -0.2) is 15.5 Å². The summed E-state index contributed by atoms with van der Waals surface area (Å²) in [5.41, 5.74) is 8.37. The van der Waals surface area contributed by atoms with Crippen LogP contribution in [-0.2, 0) is 11.2 Å². The average Bonchev–Trinajstić information content (AvgIpc) is 2.96. The lowest BCUT2D eigenvalue weighted by atomic mass is 10.1. The van der Waals surface area contributed by atoms with Crippen molar-refractivity contribution in [3.63, 3.8) is 0 Å². The molecule has 0 spiro atoms. The van der Waals surface area contributed by atoms with E-state index in [-0.39, 0.29) is 5.91 Å². The van der Waals surface area contributed by atoms with Gasteiger partial charge in [0, 0.05) is 34.5 Å². The number of fused-ring (bicyclic) bond motifs is 1. The fourth-order valence-corrected chi connectivity index (χ4v) is 2.85. The molecule has 1 aliphatic heterocycles. The zero-order chi connectivity index (χ0) is 13.6. The van der Waals surface area contributed by atoms with Gasteiger partial charge < -0.3 is 15.6 Å². The molecule has 0 saturated carbocycles. The van der Waals surface area contributed by atoms with Crippen LogP contribution in [0.4, 0.5) is 5.69 Å². The van der Waals surface area contributed by atoms with E-state index in [9.17, 15) is 4.79 Å². The molecule has 2 aromatic rings. The Morgan fingerprint density at radius 3 is 3.05 bits per heavy atom. The van der Waals surface area contributed by atoms with E-state index in [0.29, 0.717) is 0 Å². The fraction of sp³-hybridized carbons (Fsp3) is 0.231. The van der Waals surface area contributed by atoms with E-state index in [2.05, 4.69) is 33.2 Å². The first kappa shape index (κ1) is 12.4. The molecule has 6 heteroatoms. The number of benzene rings is 1. The number of nitrogens with one attached hydrogen (secondary N) is 1. The summed E-state index contributed by atoms with van der Waals surface area (Å²) in [5, 5.41) is 2.80. The first-order valence-electron chi connectivity index (χ1n) is 6.04. The molecule has 0 radical (unpaired) electrons. The number of halogens is 1. The molecule has 1 unspecified atom stereocenters. The van der Waals surface area contributed by atoms with Crippen molar-refractivity contribution in [3.05, 3.63) is 40.4 Å². The van der Waals surface area contributed by atoms with Gasteiger partial charge in [0.1, 0.15) is 11.9 Å². The Bertz CT molecular complexity index is 665. The number of amides is 1. The molecule has 5 nitrogen and oxygen atoms in total. The molecular formula is C13H13BrN4O. The third-order valence-electron chi connectivity index (χ3n) is 3.29. The number of imidazole rings is 1. The van der Waals surface area contributed by atoms with Crippen LogP contribution in [0.2, 0.25) is 0 Å². The number of anilines is 1. The first-order chi connectivity index (χ1) is 9.11.